The Labute approximate surface area is 140 Å². The first-order chi connectivity index (χ1) is 11.1. The van der Waals surface area contributed by atoms with E-state index in [4.69, 9.17) is 4.74 Å². The van der Waals surface area contributed by atoms with E-state index < -0.39 is 24.5 Å². The van der Waals surface area contributed by atoms with Crippen LogP contribution in [0.1, 0.15) is 12.6 Å². The molecule has 2 N–H and O–H groups in total. The summed E-state index contributed by atoms with van der Waals surface area (Å²) in [6, 6.07) is 1.34. The van der Waals surface area contributed by atoms with Crippen LogP contribution in [-0.2, 0) is 20.7 Å². The van der Waals surface area contributed by atoms with Gasteiger partial charge in [-0.05, 0) is 18.4 Å². The van der Waals surface area contributed by atoms with Gasteiger partial charge in [0.25, 0.3) is 5.91 Å². The zero-order valence-corrected chi connectivity index (χ0v) is 14.0. The Morgan fingerprint density at radius 1 is 1.30 bits per heavy atom. The number of amides is 3. The van der Waals surface area contributed by atoms with Gasteiger partial charge in [0.15, 0.2) is 6.61 Å². The van der Waals surface area contributed by atoms with E-state index in [0.29, 0.717) is 12.2 Å². The number of imide groups is 1. The fraction of sp³-hybridized carbons (Fsp3) is 0.286. The predicted octanol–water partition coefficient (Wildman–Crippen LogP) is 1.80. The highest BCUT2D eigenvalue weighted by Crippen LogP contribution is 2.25. The first kappa shape index (κ1) is 17.1. The Morgan fingerprint density at radius 2 is 2.13 bits per heavy atom. The molecule has 0 spiro atoms. The van der Waals surface area contributed by atoms with Crippen molar-refractivity contribution in [2.75, 3.05) is 13.2 Å². The van der Waals surface area contributed by atoms with Crippen LogP contribution in [0.2, 0.25) is 0 Å². The third-order valence-electron chi connectivity index (χ3n) is 2.60. The van der Waals surface area contributed by atoms with Gasteiger partial charge in [-0.15, -0.1) is 11.3 Å². The second kappa shape index (κ2) is 8.39. The Morgan fingerprint density at radius 3 is 2.83 bits per heavy atom. The van der Waals surface area contributed by atoms with Crippen LogP contribution in [0.15, 0.2) is 22.2 Å². The second-order valence-corrected chi connectivity index (χ2v) is 6.04. The molecular formula is C14H15N3O4S2. The molecule has 0 aliphatic carbocycles. The number of urea groups is 1. The van der Waals surface area contributed by atoms with Crippen LogP contribution in [0.5, 0.6) is 0 Å². The summed E-state index contributed by atoms with van der Waals surface area (Å²) in [6.45, 7) is 1.62. The number of hydrogen-bond donors (Lipinski definition) is 2. The molecule has 0 radical (unpaired) electrons. The zero-order valence-electron chi connectivity index (χ0n) is 12.3. The summed E-state index contributed by atoms with van der Waals surface area (Å²) in [5, 5.41) is 11.0. The SMILES string of the molecule is CCNC(=O)NC(=O)COC(=O)Cc1csc(-c2ccsc2)n1. The number of ether oxygens (including phenoxy) is 1. The Balaban J connectivity index is 1.77. The fourth-order valence-electron chi connectivity index (χ4n) is 1.62. The highest BCUT2D eigenvalue weighted by Gasteiger charge is 2.13. The molecule has 0 unspecified atom stereocenters. The van der Waals surface area contributed by atoms with E-state index in [2.05, 4.69) is 10.3 Å². The van der Waals surface area contributed by atoms with Crippen LogP contribution in [0, 0.1) is 0 Å². The van der Waals surface area contributed by atoms with Crippen molar-refractivity contribution < 1.29 is 19.1 Å². The maximum Gasteiger partial charge on any atom is 0.321 e. The van der Waals surface area contributed by atoms with Crippen molar-refractivity contribution >= 4 is 40.6 Å². The van der Waals surface area contributed by atoms with E-state index in [0.717, 1.165) is 10.6 Å². The minimum absolute atomic E-state index is 0.0188. The third kappa shape index (κ3) is 5.46. The van der Waals surface area contributed by atoms with Gasteiger partial charge in [-0.3, -0.25) is 14.9 Å². The third-order valence-corrected chi connectivity index (χ3v) is 4.22. The molecule has 23 heavy (non-hydrogen) atoms. The van der Waals surface area contributed by atoms with E-state index in [1.54, 1.807) is 23.6 Å². The van der Waals surface area contributed by atoms with Gasteiger partial charge in [-0.2, -0.15) is 11.3 Å². The number of thiophene rings is 1. The summed E-state index contributed by atoms with van der Waals surface area (Å²) >= 11 is 3.02. The Kier molecular flexibility index (Phi) is 6.24. The molecule has 2 aromatic heterocycles. The average molecular weight is 353 g/mol. The number of nitrogens with zero attached hydrogens (tertiary/aromatic N) is 1. The molecule has 0 fully saturated rings. The van der Waals surface area contributed by atoms with Crippen LogP contribution >= 0.6 is 22.7 Å². The largest absolute Gasteiger partial charge is 0.455 e. The molecule has 7 nitrogen and oxygen atoms in total. The summed E-state index contributed by atoms with van der Waals surface area (Å²) in [4.78, 5) is 38.5. The summed E-state index contributed by atoms with van der Waals surface area (Å²) in [5.74, 6) is -1.25. The van der Waals surface area contributed by atoms with E-state index in [1.165, 1.54) is 11.3 Å². The van der Waals surface area contributed by atoms with E-state index >= 15 is 0 Å². The van der Waals surface area contributed by atoms with Crippen molar-refractivity contribution in [1.82, 2.24) is 15.6 Å². The van der Waals surface area contributed by atoms with Gasteiger partial charge in [0.2, 0.25) is 0 Å². The van der Waals surface area contributed by atoms with E-state index in [9.17, 15) is 14.4 Å². The molecule has 2 rings (SSSR count). The zero-order chi connectivity index (χ0) is 16.7. The van der Waals surface area contributed by atoms with Crippen LogP contribution in [0.25, 0.3) is 10.6 Å². The minimum Gasteiger partial charge on any atom is -0.455 e. The summed E-state index contributed by atoms with van der Waals surface area (Å²) in [6.07, 6.45) is -0.0188. The van der Waals surface area contributed by atoms with Gasteiger partial charge >= 0.3 is 12.0 Å². The molecule has 0 atom stereocenters. The number of carbonyl (C=O) groups is 3. The lowest BCUT2D eigenvalue weighted by atomic mass is 10.3. The monoisotopic (exact) mass is 353 g/mol. The number of hydrogen-bond acceptors (Lipinski definition) is 7. The lowest BCUT2D eigenvalue weighted by molar-refractivity contribution is -0.147. The molecular weight excluding hydrogens is 338 g/mol. The molecule has 3 amide bonds. The molecule has 0 aromatic carbocycles. The molecule has 122 valence electrons. The quantitative estimate of drug-likeness (QED) is 0.772. The van der Waals surface area contributed by atoms with Crippen molar-refractivity contribution in [3.8, 4) is 10.6 Å². The number of carbonyl (C=O) groups excluding carboxylic acids is 3. The summed E-state index contributed by atoms with van der Waals surface area (Å²) < 4.78 is 4.82. The molecule has 0 aliphatic heterocycles. The van der Waals surface area contributed by atoms with E-state index in [-0.39, 0.29) is 6.42 Å². The highest BCUT2D eigenvalue weighted by molar-refractivity contribution is 7.14. The van der Waals surface area contributed by atoms with Crippen molar-refractivity contribution in [3.63, 3.8) is 0 Å². The summed E-state index contributed by atoms with van der Waals surface area (Å²) in [7, 11) is 0. The molecule has 0 saturated heterocycles. The van der Waals surface area contributed by atoms with Crippen LogP contribution in [0.4, 0.5) is 4.79 Å². The molecule has 9 heteroatoms. The number of nitrogens with one attached hydrogen (secondary N) is 2. The first-order valence-electron chi connectivity index (χ1n) is 6.78. The lowest BCUT2D eigenvalue weighted by Crippen LogP contribution is -2.41. The number of esters is 1. The fourth-order valence-corrected chi connectivity index (χ4v) is 3.15. The van der Waals surface area contributed by atoms with Crippen LogP contribution in [-0.4, -0.2) is 36.0 Å². The maximum absolute atomic E-state index is 11.7. The molecule has 2 heterocycles. The van der Waals surface area contributed by atoms with Gasteiger partial charge in [-0.25, -0.2) is 9.78 Å². The highest BCUT2D eigenvalue weighted by atomic mass is 32.1. The van der Waals surface area contributed by atoms with Gasteiger partial charge < -0.3 is 10.1 Å². The molecule has 0 aliphatic rings. The van der Waals surface area contributed by atoms with Crippen molar-refractivity contribution in [2.24, 2.45) is 0 Å². The average Bonchev–Trinajstić information content (AvgIpc) is 3.16. The first-order valence-corrected chi connectivity index (χ1v) is 8.61. The topological polar surface area (TPSA) is 97.4 Å². The van der Waals surface area contributed by atoms with Crippen molar-refractivity contribution in [3.05, 3.63) is 27.9 Å². The lowest BCUT2D eigenvalue weighted by Gasteiger charge is -2.05. The van der Waals surface area contributed by atoms with Crippen molar-refractivity contribution in [1.29, 1.82) is 0 Å². The standard InChI is InChI=1S/C14H15N3O4S2/c1-2-15-14(20)17-11(18)6-21-12(19)5-10-8-23-13(16-10)9-3-4-22-7-9/h3-4,7-8H,2,5-6H2,1H3,(H2,15,17,18,20). The Bertz CT molecular complexity index is 682. The second-order valence-electron chi connectivity index (χ2n) is 4.40. The summed E-state index contributed by atoms with van der Waals surface area (Å²) in [5.41, 5.74) is 1.60. The van der Waals surface area contributed by atoms with Gasteiger partial charge in [0.1, 0.15) is 5.01 Å². The minimum atomic E-state index is -0.679. The smallest absolute Gasteiger partial charge is 0.321 e. The van der Waals surface area contributed by atoms with Gasteiger partial charge in [-0.1, -0.05) is 0 Å². The van der Waals surface area contributed by atoms with Crippen molar-refractivity contribution in [2.45, 2.75) is 13.3 Å². The molecule has 2 aromatic rings. The van der Waals surface area contributed by atoms with Gasteiger partial charge in [0, 0.05) is 22.9 Å². The normalized spacial score (nSPS) is 10.1. The molecule has 0 saturated carbocycles. The van der Waals surface area contributed by atoms with E-state index in [1.807, 2.05) is 22.1 Å². The predicted molar refractivity (Wildman–Crippen MR) is 87.3 cm³/mol. The van der Waals surface area contributed by atoms with Crippen LogP contribution in [0.3, 0.4) is 0 Å². The molecule has 0 bridgehead atoms. The number of thiazole rings is 1. The van der Waals surface area contributed by atoms with Crippen LogP contribution < -0.4 is 10.6 Å². The Hall–Kier alpha value is -2.26. The van der Waals surface area contributed by atoms with Gasteiger partial charge in [0.05, 0.1) is 12.1 Å². The number of aromatic nitrogens is 1. The number of rotatable bonds is 6. The maximum atomic E-state index is 11.7.